The number of aliphatic hydroxyl groups excluding tert-OH is 2. The highest BCUT2D eigenvalue weighted by molar-refractivity contribution is 7.47. The second-order valence-corrected chi connectivity index (χ2v) is 20.2. The summed E-state index contributed by atoms with van der Waals surface area (Å²) in [6, 6.07) is 0. The van der Waals surface area contributed by atoms with Crippen LogP contribution in [0, 0.1) is 5.92 Å². The molecule has 382 valence electrons. The first-order valence-electron chi connectivity index (χ1n) is 25.2. The Bertz CT molecular complexity index is 1320. The van der Waals surface area contributed by atoms with E-state index < -0.39 is 72.3 Å². The summed E-state index contributed by atoms with van der Waals surface area (Å²) in [5.41, 5.74) is 0. The molecule has 0 fully saturated rings. The Kier molecular flexibility index (Phi) is 42.4. The van der Waals surface area contributed by atoms with E-state index in [1.54, 1.807) is 6.08 Å². The van der Waals surface area contributed by atoms with Crippen molar-refractivity contribution in [1.82, 2.24) is 0 Å². The second-order valence-electron chi connectivity index (χ2n) is 17.5. The van der Waals surface area contributed by atoms with Crippen molar-refractivity contribution in [3.63, 3.8) is 0 Å². The summed E-state index contributed by atoms with van der Waals surface area (Å²) >= 11 is 0. The number of phosphoric ester groups is 2. The minimum Gasteiger partial charge on any atom is -0.462 e. The van der Waals surface area contributed by atoms with Gasteiger partial charge in [0.1, 0.15) is 12.7 Å². The fraction of sp³-hybridized carbons (Fsp3) is 0.837. The Hall–Kier alpha value is -1.70. The van der Waals surface area contributed by atoms with Gasteiger partial charge in [-0.3, -0.25) is 23.2 Å². The van der Waals surface area contributed by atoms with E-state index in [1.165, 1.54) is 103 Å². The Balaban J connectivity index is 4.42. The lowest BCUT2D eigenvalue weighted by molar-refractivity contribution is -0.161. The van der Waals surface area contributed by atoms with Crippen LogP contribution in [0.5, 0.6) is 0 Å². The molecule has 0 amide bonds. The predicted octanol–water partition coefficient (Wildman–Crippen LogP) is 12.5. The summed E-state index contributed by atoms with van der Waals surface area (Å²) in [7, 11) is -9.70. The van der Waals surface area contributed by atoms with Crippen LogP contribution in [-0.2, 0) is 41.8 Å². The molecule has 5 atom stereocenters. The van der Waals surface area contributed by atoms with E-state index in [-0.39, 0.29) is 12.8 Å². The lowest BCUT2D eigenvalue weighted by atomic mass is 9.99. The molecule has 3 unspecified atom stereocenters. The molecule has 0 aromatic carbocycles. The van der Waals surface area contributed by atoms with Crippen molar-refractivity contribution >= 4 is 27.6 Å². The van der Waals surface area contributed by atoms with Crippen LogP contribution in [0.4, 0.5) is 0 Å². The zero-order chi connectivity index (χ0) is 48.3. The van der Waals surface area contributed by atoms with Crippen LogP contribution in [0.1, 0.15) is 213 Å². The minimum atomic E-state index is -4.87. The SMILES string of the molecule is CC/C=C/CC(O)/C=C/C=C/CCCCCCCC(=O)OC[C@H](COP(=O)(O)OC[C@@H](O)COP(=O)(O)O)OC(=O)CCCCCCCCCCCCCCCCCCCCC(C)CC. The number of carbonyl (C=O) groups excluding carboxylic acids is 2. The minimum absolute atomic E-state index is 0.119. The number of esters is 2. The van der Waals surface area contributed by atoms with Gasteiger partial charge < -0.3 is 34.4 Å². The van der Waals surface area contributed by atoms with Gasteiger partial charge in [0.25, 0.3) is 0 Å². The van der Waals surface area contributed by atoms with Gasteiger partial charge in [-0.25, -0.2) is 9.13 Å². The van der Waals surface area contributed by atoms with Gasteiger partial charge in [0.05, 0.1) is 25.9 Å². The Morgan fingerprint density at radius 2 is 1.03 bits per heavy atom. The zero-order valence-corrected chi connectivity index (χ0v) is 42.4. The van der Waals surface area contributed by atoms with Crippen molar-refractivity contribution in [2.45, 2.75) is 232 Å². The summed E-state index contributed by atoms with van der Waals surface area (Å²) in [6.45, 7) is 3.93. The first kappa shape index (κ1) is 63.3. The van der Waals surface area contributed by atoms with Crippen LogP contribution in [0.25, 0.3) is 0 Å². The van der Waals surface area contributed by atoms with E-state index in [0.717, 1.165) is 63.7 Å². The van der Waals surface area contributed by atoms with Crippen LogP contribution in [0.15, 0.2) is 36.5 Å². The monoisotopic (exact) mass is 967 g/mol. The van der Waals surface area contributed by atoms with Gasteiger partial charge in [-0.1, -0.05) is 198 Å². The fourth-order valence-corrected chi connectivity index (χ4v) is 8.11. The smallest absolute Gasteiger partial charge is 0.462 e. The van der Waals surface area contributed by atoms with E-state index in [1.807, 2.05) is 24.3 Å². The van der Waals surface area contributed by atoms with Crippen LogP contribution < -0.4 is 0 Å². The number of carbonyl (C=O) groups is 2. The third-order valence-electron chi connectivity index (χ3n) is 11.2. The Labute approximate surface area is 393 Å². The van der Waals surface area contributed by atoms with Gasteiger partial charge in [-0.05, 0) is 44.4 Å². The predicted molar refractivity (Wildman–Crippen MR) is 259 cm³/mol. The van der Waals surface area contributed by atoms with Crippen LogP contribution in [0.2, 0.25) is 0 Å². The van der Waals surface area contributed by atoms with Crippen molar-refractivity contribution in [2.24, 2.45) is 5.92 Å². The van der Waals surface area contributed by atoms with E-state index in [2.05, 4.69) is 31.4 Å². The molecule has 0 heterocycles. The standard InChI is InChI=1S/C49H92O14P2/c1-4-6-30-36-45(50)37-32-27-23-19-17-21-24-28-33-38-48(52)59-42-47(43-62-65(57,58)61-41-46(51)40-60-64(54,55)56)63-49(53)39-34-29-25-20-16-14-12-10-8-7-9-11-13-15-18-22-26-31-35-44(3)5-2/h6,23,27,30,32,37,44-47,50-51H,4-5,7-22,24-26,28-29,31,33-36,38-43H2,1-3H3,(H,57,58)(H2,54,55,56)/b27-23+,30-6+,37-32+/t44?,45?,46-,47+/m0/s1. The van der Waals surface area contributed by atoms with Gasteiger partial charge in [0, 0.05) is 12.8 Å². The third-order valence-corrected chi connectivity index (χ3v) is 12.6. The van der Waals surface area contributed by atoms with Crippen LogP contribution in [0.3, 0.4) is 0 Å². The van der Waals surface area contributed by atoms with Gasteiger partial charge >= 0.3 is 27.6 Å². The van der Waals surface area contributed by atoms with E-state index in [0.29, 0.717) is 19.3 Å². The molecule has 0 saturated heterocycles. The maximum Gasteiger partial charge on any atom is 0.472 e. The third kappa shape index (κ3) is 47.2. The average molecular weight is 967 g/mol. The molecule has 0 aliphatic rings. The molecule has 65 heavy (non-hydrogen) atoms. The summed E-state index contributed by atoms with van der Waals surface area (Å²) < 4.78 is 47.9. The van der Waals surface area contributed by atoms with Crippen molar-refractivity contribution in [3.8, 4) is 0 Å². The van der Waals surface area contributed by atoms with Crippen molar-refractivity contribution < 1.29 is 66.7 Å². The van der Waals surface area contributed by atoms with Crippen LogP contribution in [-0.4, -0.2) is 81.6 Å². The van der Waals surface area contributed by atoms with Gasteiger partial charge in [0.15, 0.2) is 6.10 Å². The summed E-state index contributed by atoms with van der Waals surface area (Å²) in [5, 5.41) is 19.7. The lowest BCUT2D eigenvalue weighted by Crippen LogP contribution is -2.30. The highest BCUT2D eigenvalue weighted by Crippen LogP contribution is 2.44. The van der Waals surface area contributed by atoms with Gasteiger partial charge in [0.2, 0.25) is 0 Å². The molecular weight excluding hydrogens is 874 g/mol. The molecule has 0 rings (SSSR count). The zero-order valence-electron chi connectivity index (χ0n) is 40.6. The number of phosphoric acid groups is 2. The molecule has 0 aromatic heterocycles. The maximum absolute atomic E-state index is 12.7. The maximum atomic E-state index is 12.7. The molecule has 0 spiro atoms. The Morgan fingerprint density at radius 3 is 1.55 bits per heavy atom. The number of rotatable bonds is 47. The van der Waals surface area contributed by atoms with Gasteiger partial charge in [-0.2, -0.15) is 0 Å². The topological polar surface area (TPSA) is 216 Å². The van der Waals surface area contributed by atoms with Crippen molar-refractivity contribution in [1.29, 1.82) is 0 Å². The lowest BCUT2D eigenvalue weighted by Gasteiger charge is -2.20. The normalized spacial score (nSPS) is 15.1. The molecule has 16 heteroatoms. The highest BCUT2D eigenvalue weighted by atomic mass is 31.2. The summed E-state index contributed by atoms with van der Waals surface area (Å²) in [6.07, 6.45) is 40.3. The average Bonchev–Trinajstić information content (AvgIpc) is 3.26. The molecular formula is C49H92O14P2. The van der Waals surface area contributed by atoms with E-state index in [4.69, 9.17) is 28.3 Å². The number of hydrogen-bond donors (Lipinski definition) is 5. The summed E-state index contributed by atoms with van der Waals surface area (Å²) in [5.74, 6) is -0.197. The number of aliphatic hydroxyl groups is 2. The Morgan fingerprint density at radius 1 is 0.554 bits per heavy atom. The summed E-state index contributed by atoms with van der Waals surface area (Å²) in [4.78, 5) is 52.9. The second kappa shape index (κ2) is 43.6. The molecule has 0 bridgehead atoms. The number of ether oxygens (including phenoxy) is 2. The van der Waals surface area contributed by atoms with Crippen molar-refractivity contribution in [3.05, 3.63) is 36.5 Å². The first-order chi connectivity index (χ1) is 31.2. The molecule has 5 N–H and O–H groups in total. The molecule has 0 aliphatic carbocycles. The fourth-order valence-electron chi connectivity index (χ4n) is 6.95. The molecule has 0 aliphatic heterocycles. The first-order valence-corrected chi connectivity index (χ1v) is 28.2. The number of unbranched alkanes of at least 4 members (excludes halogenated alkanes) is 22. The van der Waals surface area contributed by atoms with Gasteiger partial charge in [-0.15, -0.1) is 0 Å². The molecule has 0 aromatic rings. The molecule has 14 nitrogen and oxygen atoms in total. The quantitative estimate of drug-likeness (QED) is 0.0126. The van der Waals surface area contributed by atoms with E-state index >= 15 is 0 Å². The molecule has 0 radical (unpaired) electrons. The largest absolute Gasteiger partial charge is 0.472 e. The number of allylic oxidation sites excluding steroid dienone is 4. The highest BCUT2D eigenvalue weighted by Gasteiger charge is 2.28. The molecule has 0 saturated carbocycles. The number of hydrogen-bond acceptors (Lipinski definition) is 11. The van der Waals surface area contributed by atoms with E-state index in [9.17, 15) is 33.8 Å². The van der Waals surface area contributed by atoms with Crippen LogP contribution >= 0.6 is 15.6 Å². The van der Waals surface area contributed by atoms with Crippen molar-refractivity contribution in [2.75, 3.05) is 26.4 Å².